The highest BCUT2D eigenvalue weighted by Crippen LogP contribution is 2.13. The topological polar surface area (TPSA) is 0 Å². The van der Waals surface area contributed by atoms with Crippen LogP contribution in [0.25, 0.3) is 0 Å². The first-order chi connectivity index (χ1) is 6.18. The third-order valence-electron chi connectivity index (χ3n) is 1.98. The summed E-state index contributed by atoms with van der Waals surface area (Å²) in [4.78, 5) is 0. The summed E-state index contributed by atoms with van der Waals surface area (Å²) in [5, 5.41) is 1.08. The first-order valence-electron chi connectivity index (χ1n) is 4.57. The Morgan fingerprint density at radius 2 is 1.85 bits per heavy atom. The molecule has 13 heavy (non-hydrogen) atoms. The Kier molecular flexibility index (Phi) is 4.61. The van der Waals surface area contributed by atoms with Gasteiger partial charge in [0.1, 0.15) is 0 Å². The molecule has 0 fully saturated rings. The molecule has 0 spiro atoms. The number of halogens is 2. The van der Waals surface area contributed by atoms with Gasteiger partial charge < -0.3 is 0 Å². The number of aryl methyl sites for hydroxylation is 1. The van der Waals surface area contributed by atoms with E-state index in [9.17, 15) is 0 Å². The lowest BCUT2D eigenvalue weighted by Gasteiger charge is -2.03. The SMILES string of the molecule is CC(Cl)CCCc1ccc(Cl)cc1. The van der Waals surface area contributed by atoms with Gasteiger partial charge in [0, 0.05) is 10.4 Å². The van der Waals surface area contributed by atoms with E-state index in [2.05, 4.69) is 12.1 Å². The molecule has 1 aromatic rings. The molecular formula is C11H14Cl2. The average molecular weight is 217 g/mol. The maximum Gasteiger partial charge on any atom is 0.0406 e. The summed E-state index contributed by atoms with van der Waals surface area (Å²) in [5.74, 6) is 0. The molecule has 1 atom stereocenters. The van der Waals surface area contributed by atoms with Crippen LogP contribution in [0.5, 0.6) is 0 Å². The van der Waals surface area contributed by atoms with Gasteiger partial charge in [0.25, 0.3) is 0 Å². The lowest BCUT2D eigenvalue weighted by atomic mass is 10.1. The van der Waals surface area contributed by atoms with Gasteiger partial charge in [-0.3, -0.25) is 0 Å². The summed E-state index contributed by atoms with van der Waals surface area (Å²) in [6.07, 6.45) is 3.31. The van der Waals surface area contributed by atoms with E-state index in [1.807, 2.05) is 19.1 Å². The van der Waals surface area contributed by atoms with Crippen LogP contribution in [0.2, 0.25) is 5.02 Å². The van der Waals surface area contributed by atoms with Gasteiger partial charge in [0.2, 0.25) is 0 Å². The van der Waals surface area contributed by atoms with E-state index < -0.39 is 0 Å². The average Bonchev–Trinajstić information content (AvgIpc) is 2.08. The molecule has 72 valence electrons. The molecule has 0 heterocycles. The molecule has 0 radical (unpaired) electrons. The fourth-order valence-corrected chi connectivity index (χ4v) is 1.52. The third kappa shape index (κ3) is 4.54. The van der Waals surface area contributed by atoms with Gasteiger partial charge in [-0.2, -0.15) is 0 Å². The van der Waals surface area contributed by atoms with E-state index in [1.165, 1.54) is 5.56 Å². The fraction of sp³-hybridized carbons (Fsp3) is 0.455. The molecule has 2 heteroatoms. The number of hydrogen-bond donors (Lipinski definition) is 0. The van der Waals surface area contributed by atoms with Crippen LogP contribution in [-0.4, -0.2) is 5.38 Å². The molecule has 0 amide bonds. The zero-order valence-corrected chi connectivity index (χ0v) is 9.28. The standard InChI is InChI=1S/C11H14Cl2/c1-9(12)3-2-4-10-5-7-11(13)8-6-10/h5-9H,2-4H2,1H3. The maximum atomic E-state index is 5.85. The van der Waals surface area contributed by atoms with Crippen molar-refractivity contribution in [1.82, 2.24) is 0 Å². The predicted octanol–water partition coefficient (Wildman–Crippen LogP) is 4.29. The normalized spacial score (nSPS) is 12.8. The van der Waals surface area contributed by atoms with Crippen molar-refractivity contribution in [3.63, 3.8) is 0 Å². The Balaban J connectivity index is 2.33. The molecule has 0 bridgehead atoms. The van der Waals surface area contributed by atoms with Crippen molar-refractivity contribution >= 4 is 23.2 Å². The van der Waals surface area contributed by atoms with Gasteiger partial charge in [0.05, 0.1) is 0 Å². The van der Waals surface area contributed by atoms with Gasteiger partial charge >= 0.3 is 0 Å². The fourth-order valence-electron chi connectivity index (χ4n) is 1.24. The van der Waals surface area contributed by atoms with Crippen LogP contribution in [0, 0.1) is 0 Å². The Bertz CT molecular complexity index is 239. The summed E-state index contributed by atoms with van der Waals surface area (Å²) < 4.78 is 0. The maximum absolute atomic E-state index is 5.85. The van der Waals surface area contributed by atoms with Crippen LogP contribution in [0.3, 0.4) is 0 Å². The second-order valence-corrected chi connectivity index (χ2v) is 4.48. The van der Waals surface area contributed by atoms with Crippen LogP contribution < -0.4 is 0 Å². The molecule has 0 aromatic heterocycles. The summed E-state index contributed by atoms with van der Waals surface area (Å²) in [6, 6.07) is 8.00. The van der Waals surface area contributed by atoms with E-state index in [4.69, 9.17) is 23.2 Å². The van der Waals surface area contributed by atoms with Gasteiger partial charge in [-0.05, 0) is 43.9 Å². The number of rotatable bonds is 4. The van der Waals surface area contributed by atoms with E-state index in [-0.39, 0.29) is 5.38 Å². The highest BCUT2D eigenvalue weighted by Gasteiger charge is 1.97. The summed E-state index contributed by atoms with van der Waals surface area (Å²) >= 11 is 11.6. The number of hydrogen-bond acceptors (Lipinski definition) is 0. The lowest BCUT2D eigenvalue weighted by Crippen LogP contribution is -1.92. The van der Waals surface area contributed by atoms with Gasteiger partial charge in [-0.25, -0.2) is 0 Å². The minimum atomic E-state index is 0.285. The highest BCUT2D eigenvalue weighted by atomic mass is 35.5. The van der Waals surface area contributed by atoms with Gasteiger partial charge in [-0.15, -0.1) is 11.6 Å². The van der Waals surface area contributed by atoms with Crippen molar-refractivity contribution < 1.29 is 0 Å². The second-order valence-electron chi connectivity index (χ2n) is 3.30. The minimum Gasteiger partial charge on any atom is -0.123 e. The van der Waals surface area contributed by atoms with Crippen molar-refractivity contribution in [2.75, 3.05) is 0 Å². The van der Waals surface area contributed by atoms with Crippen molar-refractivity contribution in [3.8, 4) is 0 Å². The molecule has 1 unspecified atom stereocenters. The van der Waals surface area contributed by atoms with Gasteiger partial charge in [-0.1, -0.05) is 23.7 Å². The second kappa shape index (κ2) is 5.51. The lowest BCUT2D eigenvalue weighted by molar-refractivity contribution is 0.724. The Hall–Kier alpha value is -0.200. The Morgan fingerprint density at radius 1 is 1.23 bits per heavy atom. The monoisotopic (exact) mass is 216 g/mol. The van der Waals surface area contributed by atoms with Crippen LogP contribution in [0.1, 0.15) is 25.3 Å². The molecule has 0 nitrogen and oxygen atoms in total. The molecule has 0 saturated heterocycles. The number of benzene rings is 1. The summed E-state index contributed by atoms with van der Waals surface area (Å²) in [7, 11) is 0. The molecule has 0 aliphatic heterocycles. The van der Waals surface area contributed by atoms with Crippen LogP contribution >= 0.6 is 23.2 Å². The largest absolute Gasteiger partial charge is 0.123 e. The van der Waals surface area contributed by atoms with Crippen molar-refractivity contribution in [2.24, 2.45) is 0 Å². The van der Waals surface area contributed by atoms with E-state index in [0.717, 1.165) is 24.3 Å². The highest BCUT2D eigenvalue weighted by molar-refractivity contribution is 6.30. The molecule has 0 aliphatic rings. The first-order valence-corrected chi connectivity index (χ1v) is 5.38. The smallest absolute Gasteiger partial charge is 0.0406 e. The third-order valence-corrected chi connectivity index (χ3v) is 2.45. The molecular weight excluding hydrogens is 203 g/mol. The van der Waals surface area contributed by atoms with Crippen molar-refractivity contribution in [3.05, 3.63) is 34.9 Å². The Labute approximate surface area is 89.9 Å². The zero-order valence-electron chi connectivity index (χ0n) is 7.76. The molecule has 1 aromatic carbocycles. The number of alkyl halides is 1. The molecule has 0 aliphatic carbocycles. The predicted molar refractivity (Wildman–Crippen MR) is 59.7 cm³/mol. The van der Waals surface area contributed by atoms with Gasteiger partial charge in [0.15, 0.2) is 0 Å². The van der Waals surface area contributed by atoms with Crippen molar-refractivity contribution in [1.29, 1.82) is 0 Å². The van der Waals surface area contributed by atoms with E-state index in [0.29, 0.717) is 0 Å². The van der Waals surface area contributed by atoms with E-state index in [1.54, 1.807) is 0 Å². The van der Waals surface area contributed by atoms with Crippen molar-refractivity contribution in [2.45, 2.75) is 31.6 Å². The van der Waals surface area contributed by atoms with Crippen LogP contribution in [0.15, 0.2) is 24.3 Å². The summed E-state index contributed by atoms with van der Waals surface area (Å²) in [5.41, 5.74) is 1.33. The molecule has 0 saturated carbocycles. The molecule has 1 rings (SSSR count). The Morgan fingerprint density at radius 3 is 2.38 bits per heavy atom. The summed E-state index contributed by atoms with van der Waals surface area (Å²) in [6.45, 7) is 2.03. The van der Waals surface area contributed by atoms with Crippen LogP contribution in [0.4, 0.5) is 0 Å². The zero-order chi connectivity index (χ0) is 9.68. The quantitative estimate of drug-likeness (QED) is 0.660. The minimum absolute atomic E-state index is 0.285. The van der Waals surface area contributed by atoms with Crippen LogP contribution in [-0.2, 0) is 6.42 Å². The van der Waals surface area contributed by atoms with E-state index >= 15 is 0 Å². The molecule has 0 N–H and O–H groups in total. The first kappa shape index (κ1) is 10.9.